The first kappa shape index (κ1) is 14.7. The third kappa shape index (κ3) is 3.45. The predicted molar refractivity (Wildman–Crippen MR) is 70.2 cm³/mol. The number of ether oxygens (including phenoxy) is 1. The third-order valence-electron chi connectivity index (χ3n) is 3.18. The number of hydrogen-bond acceptors (Lipinski definition) is 3. The van der Waals surface area contributed by atoms with E-state index in [1.54, 1.807) is 0 Å². The van der Waals surface area contributed by atoms with Gasteiger partial charge in [0.05, 0.1) is 10.4 Å². The van der Waals surface area contributed by atoms with Crippen LogP contribution in [0.1, 0.15) is 12.8 Å². The van der Waals surface area contributed by atoms with Crippen LogP contribution in [0.2, 0.25) is 0 Å². The molecule has 0 amide bonds. The average molecular weight is 308 g/mol. The second-order valence-electron chi connectivity index (χ2n) is 4.59. The zero-order valence-electron chi connectivity index (χ0n) is 10.2. The Morgan fingerprint density at radius 3 is 2.37 bits per heavy atom. The second kappa shape index (κ2) is 5.75. The molecule has 0 aromatic heterocycles. The Morgan fingerprint density at radius 1 is 1.26 bits per heavy atom. The summed E-state index contributed by atoms with van der Waals surface area (Å²) in [6, 6.07) is 4.70. The average Bonchev–Trinajstić information content (AvgIpc) is 2.40. The molecule has 2 rings (SSSR count). The largest absolute Gasteiger partial charge is 0.381 e. The van der Waals surface area contributed by atoms with Crippen molar-refractivity contribution < 1.29 is 17.5 Å². The maximum atomic E-state index is 12.8. The lowest BCUT2D eigenvalue weighted by molar-refractivity contribution is 0.0549. The molecule has 0 atom stereocenters. The first-order chi connectivity index (χ1) is 8.97. The highest BCUT2D eigenvalue weighted by Crippen LogP contribution is 2.25. The molecule has 0 spiro atoms. The van der Waals surface area contributed by atoms with Gasteiger partial charge in [-0.2, -0.15) is 0 Å². The summed E-state index contributed by atoms with van der Waals surface area (Å²) in [7, 11) is -3.70. The van der Waals surface area contributed by atoms with Crippen LogP contribution in [0.25, 0.3) is 0 Å². The van der Waals surface area contributed by atoms with Crippen molar-refractivity contribution in [1.29, 1.82) is 0 Å². The summed E-state index contributed by atoms with van der Waals surface area (Å²) in [6.07, 6.45) is 1.05. The minimum Gasteiger partial charge on any atom is -0.381 e. The van der Waals surface area contributed by atoms with Gasteiger partial charge in [-0.3, -0.25) is 0 Å². The lowest BCUT2D eigenvalue weighted by atomic mass is 9.94. The van der Waals surface area contributed by atoms with Gasteiger partial charge in [-0.15, -0.1) is 11.6 Å². The molecule has 0 unspecified atom stereocenters. The van der Waals surface area contributed by atoms with Crippen molar-refractivity contribution >= 4 is 21.6 Å². The van der Waals surface area contributed by atoms with Gasteiger partial charge in [0.15, 0.2) is 0 Å². The third-order valence-corrected chi connectivity index (χ3v) is 5.29. The summed E-state index contributed by atoms with van der Waals surface area (Å²) >= 11 is 5.91. The number of nitrogens with one attached hydrogen (secondary N) is 1. The molecule has 0 saturated carbocycles. The predicted octanol–water partition coefficient (Wildman–Crippen LogP) is 1.89. The molecule has 1 heterocycles. The molecular weight excluding hydrogens is 293 g/mol. The Morgan fingerprint density at radius 2 is 1.84 bits per heavy atom. The molecule has 1 N–H and O–H groups in total. The Balaban J connectivity index is 2.22. The molecule has 0 radical (unpaired) electrons. The minimum atomic E-state index is -3.70. The van der Waals surface area contributed by atoms with E-state index in [-0.39, 0.29) is 10.8 Å². The van der Waals surface area contributed by atoms with Gasteiger partial charge in [0.2, 0.25) is 10.0 Å². The Hall–Kier alpha value is -0.690. The summed E-state index contributed by atoms with van der Waals surface area (Å²) in [6.45, 7) is 0.942. The zero-order chi connectivity index (χ0) is 13.9. The van der Waals surface area contributed by atoms with E-state index in [9.17, 15) is 12.8 Å². The van der Waals surface area contributed by atoms with E-state index in [2.05, 4.69) is 4.72 Å². The summed E-state index contributed by atoms with van der Waals surface area (Å²) in [5.74, 6) is -0.298. The fraction of sp³-hybridized carbons (Fsp3) is 0.500. The molecule has 1 fully saturated rings. The maximum Gasteiger partial charge on any atom is 0.241 e. The number of rotatable bonds is 4. The van der Waals surface area contributed by atoms with E-state index >= 15 is 0 Å². The van der Waals surface area contributed by atoms with Crippen LogP contribution in [-0.2, 0) is 14.8 Å². The van der Waals surface area contributed by atoms with Crippen LogP contribution in [0.5, 0.6) is 0 Å². The molecule has 106 valence electrons. The molecule has 1 aromatic carbocycles. The molecule has 7 heteroatoms. The van der Waals surface area contributed by atoms with E-state index in [0.29, 0.717) is 26.1 Å². The summed E-state index contributed by atoms with van der Waals surface area (Å²) in [5.41, 5.74) is -0.687. The van der Waals surface area contributed by atoms with Crippen molar-refractivity contribution in [2.75, 3.05) is 19.1 Å². The van der Waals surface area contributed by atoms with Crippen molar-refractivity contribution in [2.45, 2.75) is 23.3 Å². The molecule has 0 aliphatic carbocycles. The maximum absolute atomic E-state index is 12.8. The summed E-state index contributed by atoms with van der Waals surface area (Å²) in [5, 5.41) is 0. The fourth-order valence-corrected chi connectivity index (χ4v) is 3.85. The quantitative estimate of drug-likeness (QED) is 0.864. The van der Waals surface area contributed by atoms with Crippen LogP contribution in [0.4, 0.5) is 4.39 Å². The number of sulfonamides is 1. The van der Waals surface area contributed by atoms with Crippen molar-refractivity contribution in [3.8, 4) is 0 Å². The van der Waals surface area contributed by atoms with Gasteiger partial charge in [0, 0.05) is 19.1 Å². The van der Waals surface area contributed by atoms with Gasteiger partial charge >= 0.3 is 0 Å². The van der Waals surface area contributed by atoms with E-state index in [0.717, 1.165) is 12.1 Å². The number of halogens is 2. The Labute approximate surface area is 117 Å². The van der Waals surface area contributed by atoms with Crippen LogP contribution in [0, 0.1) is 5.82 Å². The second-order valence-corrected chi connectivity index (χ2v) is 6.54. The smallest absolute Gasteiger partial charge is 0.241 e. The van der Waals surface area contributed by atoms with Gasteiger partial charge in [0.25, 0.3) is 0 Å². The molecule has 1 aliphatic rings. The number of benzene rings is 1. The highest BCUT2D eigenvalue weighted by molar-refractivity contribution is 7.89. The Kier molecular flexibility index (Phi) is 4.45. The molecule has 1 saturated heterocycles. The molecule has 1 aliphatic heterocycles. The lowest BCUT2D eigenvalue weighted by Crippen LogP contribution is -2.53. The van der Waals surface area contributed by atoms with Crippen LogP contribution in [0.15, 0.2) is 29.2 Å². The van der Waals surface area contributed by atoms with Crippen LogP contribution < -0.4 is 4.72 Å². The van der Waals surface area contributed by atoms with Crippen molar-refractivity contribution in [1.82, 2.24) is 4.72 Å². The van der Waals surface area contributed by atoms with Crippen molar-refractivity contribution in [2.24, 2.45) is 0 Å². The topological polar surface area (TPSA) is 55.4 Å². The van der Waals surface area contributed by atoms with Crippen LogP contribution >= 0.6 is 11.6 Å². The highest BCUT2D eigenvalue weighted by atomic mass is 35.5. The monoisotopic (exact) mass is 307 g/mol. The molecule has 1 aromatic rings. The zero-order valence-corrected chi connectivity index (χ0v) is 11.8. The molecular formula is C12H15ClFNO3S. The van der Waals surface area contributed by atoms with Gasteiger partial charge < -0.3 is 4.74 Å². The van der Waals surface area contributed by atoms with Crippen LogP contribution in [-0.4, -0.2) is 33.1 Å². The van der Waals surface area contributed by atoms with Gasteiger partial charge in [0.1, 0.15) is 5.82 Å². The number of alkyl halides is 1. The van der Waals surface area contributed by atoms with E-state index in [1.165, 1.54) is 12.1 Å². The van der Waals surface area contributed by atoms with Crippen molar-refractivity contribution in [3.63, 3.8) is 0 Å². The number of hydrogen-bond donors (Lipinski definition) is 1. The van der Waals surface area contributed by atoms with Gasteiger partial charge in [-0.05, 0) is 37.1 Å². The van der Waals surface area contributed by atoms with Gasteiger partial charge in [-0.1, -0.05) is 0 Å². The SMILES string of the molecule is O=S(=O)(NC1(CCl)CCOCC1)c1ccc(F)cc1. The molecule has 19 heavy (non-hydrogen) atoms. The van der Waals surface area contributed by atoms with Crippen LogP contribution in [0.3, 0.4) is 0 Å². The first-order valence-electron chi connectivity index (χ1n) is 5.91. The standard InChI is InChI=1S/C12H15ClFNO3S/c13-9-12(5-7-18-8-6-12)15-19(16,17)11-3-1-10(14)2-4-11/h1-4,15H,5-9H2. The van der Waals surface area contributed by atoms with E-state index in [1.807, 2.05) is 0 Å². The summed E-state index contributed by atoms with van der Waals surface area (Å²) < 4.78 is 45.2. The fourth-order valence-electron chi connectivity index (χ4n) is 1.98. The van der Waals surface area contributed by atoms with Crippen molar-refractivity contribution in [3.05, 3.63) is 30.1 Å². The van der Waals surface area contributed by atoms with E-state index < -0.39 is 21.4 Å². The first-order valence-corrected chi connectivity index (χ1v) is 7.92. The normalized spacial score (nSPS) is 19.3. The lowest BCUT2D eigenvalue weighted by Gasteiger charge is -2.35. The molecule has 0 bridgehead atoms. The van der Waals surface area contributed by atoms with Gasteiger partial charge in [-0.25, -0.2) is 17.5 Å². The Bertz CT molecular complexity index is 526. The molecule has 4 nitrogen and oxygen atoms in total. The van der Waals surface area contributed by atoms with E-state index in [4.69, 9.17) is 16.3 Å². The highest BCUT2D eigenvalue weighted by Gasteiger charge is 2.36. The minimum absolute atomic E-state index is 0.0323. The summed E-state index contributed by atoms with van der Waals surface area (Å²) in [4.78, 5) is 0.0323.